The first kappa shape index (κ1) is 12.2. The number of hydrogen-bond donors (Lipinski definition) is 0. The van der Waals surface area contributed by atoms with Crippen molar-refractivity contribution in [3.63, 3.8) is 0 Å². The predicted molar refractivity (Wildman–Crippen MR) is 63.8 cm³/mol. The maximum Gasteiger partial charge on any atom is 0.456 e. The minimum Gasteiger partial charge on any atom is -0.291 e. The molecule has 6 nitrogen and oxygen atoms in total. The molecule has 0 aliphatic carbocycles. The van der Waals surface area contributed by atoms with E-state index in [-0.39, 0.29) is 13.2 Å². The van der Waals surface area contributed by atoms with E-state index in [0.29, 0.717) is 11.0 Å². The van der Waals surface area contributed by atoms with Gasteiger partial charge in [0.05, 0.1) is 13.2 Å². The Kier molecular flexibility index (Phi) is 3.57. The first-order chi connectivity index (χ1) is 8.21. The number of nitrogens with zero attached hydrogens (tertiary/aromatic N) is 3. The molecule has 7 heteroatoms. The minimum atomic E-state index is -3.43. The fourth-order valence-electron chi connectivity index (χ4n) is 1.51. The maximum atomic E-state index is 12.5. The molecule has 0 N–H and O–H groups in total. The molecule has 17 heavy (non-hydrogen) atoms. The molecule has 0 atom stereocenters. The van der Waals surface area contributed by atoms with Gasteiger partial charge < -0.3 is 0 Å². The highest BCUT2D eigenvalue weighted by atomic mass is 31.2. The van der Waals surface area contributed by atoms with Crippen LogP contribution < -0.4 is 0 Å². The standard InChI is InChI=1S/C10H14N3O3P/c1-3-15-17(14,16-4-2)13-10-8-6-5-7-9(10)11-12-13/h5-8H,3-4H2,1-2H3. The average Bonchev–Trinajstić information content (AvgIpc) is 2.74. The summed E-state index contributed by atoms with van der Waals surface area (Å²) in [5.74, 6) is 0. The third kappa shape index (κ3) is 2.24. The molecule has 0 aliphatic heterocycles. The van der Waals surface area contributed by atoms with Crippen molar-refractivity contribution in [2.24, 2.45) is 0 Å². The van der Waals surface area contributed by atoms with Crippen LogP contribution in [-0.2, 0) is 13.6 Å². The molecule has 0 spiro atoms. The Morgan fingerprint density at radius 3 is 2.53 bits per heavy atom. The molecule has 0 fully saturated rings. The van der Waals surface area contributed by atoms with E-state index in [1.165, 1.54) is 4.45 Å². The van der Waals surface area contributed by atoms with E-state index in [2.05, 4.69) is 10.3 Å². The van der Waals surface area contributed by atoms with E-state index in [1.54, 1.807) is 26.0 Å². The van der Waals surface area contributed by atoms with E-state index in [9.17, 15) is 4.57 Å². The highest BCUT2D eigenvalue weighted by Crippen LogP contribution is 2.50. The van der Waals surface area contributed by atoms with Crippen LogP contribution in [0.1, 0.15) is 13.8 Å². The lowest BCUT2D eigenvalue weighted by molar-refractivity contribution is 0.210. The van der Waals surface area contributed by atoms with Crippen molar-refractivity contribution in [3.8, 4) is 0 Å². The van der Waals surface area contributed by atoms with Crippen LogP contribution in [0.4, 0.5) is 0 Å². The third-order valence-corrected chi connectivity index (χ3v) is 4.08. The van der Waals surface area contributed by atoms with Crippen molar-refractivity contribution >= 4 is 18.8 Å². The fraction of sp³-hybridized carbons (Fsp3) is 0.400. The summed E-state index contributed by atoms with van der Waals surface area (Å²) in [6.45, 7) is 4.08. The molecule has 0 amide bonds. The van der Waals surface area contributed by atoms with Gasteiger partial charge in [0.1, 0.15) is 11.0 Å². The number of aromatic nitrogens is 3. The summed E-state index contributed by atoms with van der Waals surface area (Å²) < 4.78 is 24.2. The van der Waals surface area contributed by atoms with Gasteiger partial charge in [0.15, 0.2) is 0 Å². The average molecular weight is 255 g/mol. The molecular formula is C10H14N3O3P. The molecular weight excluding hydrogens is 241 g/mol. The van der Waals surface area contributed by atoms with Crippen LogP contribution in [0.3, 0.4) is 0 Å². The summed E-state index contributed by atoms with van der Waals surface area (Å²) >= 11 is 0. The van der Waals surface area contributed by atoms with Crippen molar-refractivity contribution in [3.05, 3.63) is 24.3 Å². The van der Waals surface area contributed by atoms with Crippen molar-refractivity contribution in [1.82, 2.24) is 14.8 Å². The van der Waals surface area contributed by atoms with Gasteiger partial charge in [0.2, 0.25) is 0 Å². The lowest BCUT2D eigenvalue weighted by Crippen LogP contribution is -2.06. The molecule has 1 aromatic carbocycles. The molecule has 1 aromatic heterocycles. The molecule has 92 valence electrons. The molecule has 1 heterocycles. The second kappa shape index (κ2) is 4.96. The largest absolute Gasteiger partial charge is 0.456 e. The Morgan fingerprint density at radius 1 is 1.24 bits per heavy atom. The lowest BCUT2D eigenvalue weighted by Gasteiger charge is -2.16. The van der Waals surface area contributed by atoms with E-state index in [0.717, 1.165) is 0 Å². The number of fused-ring (bicyclic) bond motifs is 1. The lowest BCUT2D eigenvalue weighted by atomic mass is 10.3. The van der Waals surface area contributed by atoms with Crippen molar-refractivity contribution in [2.75, 3.05) is 13.2 Å². The van der Waals surface area contributed by atoms with Crippen molar-refractivity contribution in [2.45, 2.75) is 13.8 Å². The molecule has 2 aromatic rings. The second-order valence-electron chi connectivity index (χ2n) is 3.27. The van der Waals surface area contributed by atoms with Crippen LogP contribution in [0.25, 0.3) is 11.0 Å². The van der Waals surface area contributed by atoms with Gasteiger partial charge in [-0.2, -0.15) is 0 Å². The summed E-state index contributed by atoms with van der Waals surface area (Å²) in [5.41, 5.74) is 1.30. The Labute approximate surface area is 99.1 Å². The summed E-state index contributed by atoms with van der Waals surface area (Å²) in [7, 11) is -3.43. The van der Waals surface area contributed by atoms with Gasteiger partial charge in [-0.05, 0) is 26.0 Å². The molecule has 0 bridgehead atoms. The first-order valence-electron chi connectivity index (χ1n) is 5.41. The third-order valence-electron chi connectivity index (χ3n) is 2.15. The van der Waals surface area contributed by atoms with Gasteiger partial charge in [0.25, 0.3) is 0 Å². The first-order valence-corrected chi connectivity index (χ1v) is 6.91. The topological polar surface area (TPSA) is 66.2 Å². The van der Waals surface area contributed by atoms with Gasteiger partial charge in [-0.3, -0.25) is 9.05 Å². The number of hydrogen-bond acceptors (Lipinski definition) is 5. The normalized spacial score (nSPS) is 12.1. The Morgan fingerprint density at radius 2 is 1.88 bits per heavy atom. The maximum absolute atomic E-state index is 12.5. The van der Waals surface area contributed by atoms with Crippen molar-refractivity contribution in [1.29, 1.82) is 0 Å². The van der Waals surface area contributed by atoms with Crippen LogP contribution >= 0.6 is 7.75 Å². The van der Waals surface area contributed by atoms with Gasteiger partial charge >= 0.3 is 7.75 Å². The van der Waals surface area contributed by atoms with Gasteiger partial charge in [-0.15, -0.1) is 9.55 Å². The number of rotatable bonds is 5. The number of para-hydroxylation sites is 1. The predicted octanol–water partition coefficient (Wildman–Crippen LogP) is 2.46. The van der Waals surface area contributed by atoms with Crippen LogP contribution in [0, 0.1) is 0 Å². The molecule has 2 rings (SSSR count). The summed E-state index contributed by atoms with van der Waals surface area (Å²) in [4.78, 5) is 0. The molecule has 0 aliphatic rings. The van der Waals surface area contributed by atoms with Gasteiger partial charge in [-0.25, -0.2) is 4.57 Å². The van der Waals surface area contributed by atoms with Crippen LogP contribution in [0.15, 0.2) is 24.3 Å². The monoisotopic (exact) mass is 255 g/mol. The highest BCUT2D eigenvalue weighted by molar-refractivity contribution is 7.52. The number of benzene rings is 1. The van der Waals surface area contributed by atoms with E-state index >= 15 is 0 Å². The van der Waals surface area contributed by atoms with E-state index in [1.807, 2.05) is 12.1 Å². The molecule has 0 radical (unpaired) electrons. The van der Waals surface area contributed by atoms with Crippen LogP contribution in [-0.4, -0.2) is 28.0 Å². The van der Waals surface area contributed by atoms with Crippen molar-refractivity contribution < 1.29 is 13.6 Å². The summed E-state index contributed by atoms with van der Waals surface area (Å²) in [6.07, 6.45) is 0. The Balaban J connectivity index is 2.52. The summed E-state index contributed by atoms with van der Waals surface area (Å²) in [5, 5.41) is 7.79. The quantitative estimate of drug-likeness (QED) is 0.768. The molecule has 0 unspecified atom stereocenters. The zero-order valence-electron chi connectivity index (χ0n) is 9.74. The zero-order chi connectivity index (χ0) is 12.3. The van der Waals surface area contributed by atoms with E-state index in [4.69, 9.17) is 9.05 Å². The van der Waals surface area contributed by atoms with Gasteiger partial charge in [-0.1, -0.05) is 17.3 Å². The SMILES string of the molecule is CCOP(=O)(OCC)n1nnc2ccccc21. The van der Waals surface area contributed by atoms with Crippen LogP contribution in [0.2, 0.25) is 0 Å². The Bertz CT molecular complexity index is 544. The smallest absolute Gasteiger partial charge is 0.291 e. The van der Waals surface area contributed by atoms with Crippen LogP contribution in [0.5, 0.6) is 0 Å². The summed E-state index contributed by atoms with van der Waals surface area (Å²) in [6, 6.07) is 7.24. The zero-order valence-corrected chi connectivity index (χ0v) is 10.6. The fourth-order valence-corrected chi connectivity index (χ4v) is 3.03. The molecule has 0 saturated carbocycles. The second-order valence-corrected chi connectivity index (χ2v) is 5.10. The van der Waals surface area contributed by atoms with Gasteiger partial charge in [0, 0.05) is 0 Å². The van der Waals surface area contributed by atoms with E-state index < -0.39 is 7.75 Å². The Hall–Kier alpha value is -1.23. The highest BCUT2D eigenvalue weighted by Gasteiger charge is 2.29. The molecule has 0 saturated heterocycles. The minimum absolute atomic E-state index is 0.283.